The third-order valence-electron chi connectivity index (χ3n) is 4.98. The summed E-state index contributed by atoms with van der Waals surface area (Å²) < 4.78 is 11.3. The number of amidine groups is 1. The van der Waals surface area contributed by atoms with Gasteiger partial charge in [-0.05, 0) is 42.3 Å². The Hall–Kier alpha value is -3.42. The van der Waals surface area contributed by atoms with Crippen molar-refractivity contribution in [2.75, 3.05) is 18.5 Å². The van der Waals surface area contributed by atoms with Crippen LogP contribution in [-0.2, 0) is 16.9 Å². The maximum absolute atomic E-state index is 12.6. The molecule has 1 aliphatic rings. The highest BCUT2D eigenvalue weighted by Crippen LogP contribution is 2.30. The summed E-state index contributed by atoms with van der Waals surface area (Å²) in [5.74, 6) is 0.754. The molecule has 7 nitrogen and oxygen atoms in total. The normalized spacial score (nSPS) is 17.6. The Morgan fingerprint density at radius 1 is 1.16 bits per heavy atom. The van der Waals surface area contributed by atoms with E-state index in [1.165, 1.54) is 0 Å². The molecule has 0 saturated carbocycles. The lowest BCUT2D eigenvalue weighted by Crippen LogP contribution is -2.37. The van der Waals surface area contributed by atoms with Crippen molar-refractivity contribution in [3.05, 3.63) is 89.7 Å². The number of aliphatic imine (C=N–C) groups is 1. The summed E-state index contributed by atoms with van der Waals surface area (Å²) in [6.07, 6.45) is 1.55. The fraction of sp³-hybridized carbons (Fsp3) is 0.208. The van der Waals surface area contributed by atoms with Crippen molar-refractivity contribution in [2.45, 2.75) is 19.1 Å². The van der Waals surface area contributed by atoms with Crippen molar-refractivity contribution in [1.29, 1.82) is 0 Å². The van der Waals surface area contributed by atoms with Gasteiger partial charge in [0.2, 0.25) is 0 Å². The van der Waals surface area contributed by atoms with E-state index >= 15 is 0 Å². The van der Waals surface area contributed by atoms with Crippen molar-refractivity contribution in [3.63, 3.8) is 0 Å². The van der Waals surface area contributed by atoms with E-state index in [0.717, 1.165) is 11.1 Å². The predicted octanol–water partition coefficient (Wildman–Crippen LogP) is 3.94. The Morgan fingerprint density at radius 2 is 1.97 bits per heavy atom. The molecule has 2 aromatic carbocycles. The second-order valence-electron chi connectivity index (χ2n) is 7.56. The lowest BCUT2D eigenvalue weighted by molar-refractivity contribution is 0.102. The van der Waals surface area contributed by atoms with Crippen LogP contribution in [-0.4, -0.2) is 29.9 Å². The summed E-state index contributed by atoms with van der Waals surface area (Å²) in [7, 11) is 0. The minimum Gasteiger partial charge on any atom is -0.487 e. The quantitative estimate of drug-likeness (QED) is 0.590. The maximum Gasteiger partial charge on any atom is 0.274 e. The molecule has 166 valence electrons. The molecule has 3 N–H and O–H groups in total. The number of rotatable bonds is 6. The number of ether oxygens (including phenoxy) is 2. The lowest BCUT2D eigenvalue weighted by atomic mass is 9.92. The number of anilines is 1. The number of benzene rings is 2. The summed E-state index contributed by atoms with van der Waals surface area (Å²) in [6, 6.07) is 20.7. The number of nitrogens with zero attached hydrogens (tertiary/aromatic N) is 2. The highest BCUT2D eigenvalue weighted by molar-refractivity contribution is 6.02. The zero-order valence-corrected chi connectivity index (χ0v) is 18.5. The van der Waals surface area contributed by atoms with Crippen LogP contribution in [0.4, 0.5) is 5.69 Å². The van der Waals surface area contributed by atoms with Crippen LogP contribution in [0.5, 0.6) is 5.75 Å². The van der Waals surface area contributed by atoms with E-state index in [-0.39, 0.29) is 18.3 Å². The third kappa shape index (κ3) is 5.63. The maximum atomic E-state index is 12.6. The minimum absolute atomic E-state index is 0. The van der Waals surface area contributed by atoms with Gasteiger partial charge in [-0.3, -0.25) is 9.79 Å². The molecule has 1 aromatic heterocycles. The van der Waals surface area contributed by atoms with Crippen molar-refractivity contribution in [2.24, 2.45) is 10.7 Å². The predicted molar refractivity (Wildman–Crippen MR) is 126 cm³/mol. The van der Waals surface area contributed by atoms with Crippen LogP contribution in [0.2, 0.25) is 0 Å². The van der Waals surface area contributed by atoms with Crippen LogP contribution in [0.1, 0.15) is 28.5 Å². The van der Waals surface area contributed by atoms with Gasteiger partial charge in [-0.2, -0.15) is 0 Å². The molecular formula is C24H25ClN4O3. The van der Waals surface area contributed by atoms with Gasteiger partial charge in [0.1, 0.15) is 36.0 Å². The molecule has 0 bridgehead atoms. The van der Waals surface area contributed by atoms with Gasteiger partial charge in [0, 0.05) is 5.69 Å². The Kier molecular flexibility index (Phi) is 7.45. The van der Waals surface area contributed by atoms with Crippen LogP contribution >= 0.6 is 12.4 Å². The lowest BCUT2D eigenvalue weighted by Gasteiger charge is -2.30. The number of pyridine rings is 1. The monoisotopic (exact) mass is 452 g/mol. The Labute approximate surface area is 193 Å². The van der Waals surface area contributed by atoms with E-state index < -0.39 is 5.54 Å². The first-order valence-electron chi connectivity index (χ1n) is 9.98. The molecule has 0 saturated heterocycles. The van der Waals surface area contributed by atoms with Gasteiger partial charge in [-0.1, -0.05) is 42.5 Å². The van der Waals surface area contributed by atoms with Gasteiger partial charge in [0.25, 0.3) is 5.91 Å². The van der Waals surface area contributed by atoms with Crippen molar-refractivity contribution >= 4 is 29.8 Å². The topological polar surface area (TPSA) is 98.8 Å². The standard InChI is InChI=1S/C24H24N4O3.ClH/c1-24(16-30-15-22(25)28-24)18-8-5-9-19(12-18)27-23(29)21-11-10-20(13-26-21)31-14-17-6-3-2-4-7-17;/h2-13H,14-16H2,1H3,(H2,25,28)(H,27,29);1H. The number of nitrogens with two attached hydrogens (primary N) is 1. The molecule has 0 radical (unpaired) electrons. The summed E-state index contributed by atoms with van der Waals surface area (Å²) in [4.78, 5) is 21.4. The van der Waals surface area contributed by atoms with Gasteiger partial charge in [0.05, 0.1) is 12.8 Å². The first-order chi connectivity index (χ1) is 15.0. The number of hydrogen-bond donors (Lipinski definition) is 2. The van der Waals surface area contributed by atoms with Crippen LogP contribution in [0, 0.1) is 0 Å². The number of nitrogens with one attached hydrogen (secondary N) is 1. The fourth-order valence-electron chi connectivity index (χ4n) is 3.35. The highest BCUT2D eigenvalue weighted by atomic mass is 35.5. The van der Waals surface area contributed by atoms with Crippen molar-refractivity contribution < 1.29 is 14.3 Å². The van der Waals surface area contributed by atoms with E-state index in [0.29, 0.717) is 42.8 Å². The molecule has 2 heterocycles. The Balaban J connectivity index is 0.00000289. The zero-order chi connectivity index (χ0) is 21.7. The smallest absolute Gasteiger partial charge is 0.274 e. The number of halogens is 1. The molecule has 1 aliphatic heterocycles. The first kappa shape index (κ1) is 23.2. The van der Waals surface area contributed by atoms with Gasteiger partial charge in [-0.25, -0.2) is 4.98 Å². The molecule has 1 unspecified atom stereocenters. The van der Waals surface area contributed by atoms with Crippen LogP contribution in [0.3, 0.4) is 0 Å². The molecule has 0 fully saturated rings. The average molecular weight is 453 g/mol. The van der Waals surface area contributed by atoms with E-state index in [1.54, 1.807) is 18.3 Å². The number of aromatic nitrogens is 1. The van der Waals surface area contributed by atoms with Gasteiger partial charge in [0.15, 0.2) is 0 Å². The number of hydrogen-bond acceptors (Lipinski definition) is 6. The molecule has 0 aliphatic carbocycles. The van der Waals surface area contributed by atoms with Crippen LogP contribution in [0.25, 0.3) is 0 Å². The summed E-state index contributed by atoms with van der Waals surface area (Å²) in [5.41, 5.74) is 8.18. The number of amides is 1. The molecule has 32 heavy (non-hydrogen) atoms. The molecule has 8 heteroatoms. The fourth-order valence-corrected chi connectivity index (χ4v) is 3.35. The zero-order valence-electron chi connectivity index (χ0n) is 17.7. The Morgan fingerprint density at radius 3 is 2.69 bits per heavy atom. The van der Waals surface area contributed by atoms with Crippen LogP contribution in [0.15, 0.2) is 77.9 Å². The number of carbonyl (C=O) groups is 1. The number of carbonyl (C=O) groups excluding carboxylic acids is 1. The summed E-state index contributed by atoms with van der Waals surface area (Å²) in [5, 5.41) is 2.88. The van der Waals surface area contributed by atoms with Gasteiger partial charge < -0.3 is 20.5 Å². The minimum atomic E-state index is -0.584. The van der Waals surface area contributed by atoms with Crippen LogP contribution < -0.4 is 15.8 Å². The average Bonchev–Trinajstić information content (AvgIpc) is 2.79. The highest BCUT2D eigenvalue weighted by Gasteiger charge is 2.30. The summed E-state index contributed by atoms with van der Waals surface area (Å²) in [6.45, 7) is 3.16. The second-order valence-corrected chi connectivity index (χ2v) is 7.56. The van der Waals surface area contributed by atoms with Crippen molar-refractivity contribution in [3.8, 4) is 5.75 Å². The molecular weight excluding hydrogens is 428 g/mol. The van der Waals surface area contributed by atoms with E-state index in [1.807, 2.05) is 61.5 Å². The van der Waals surface area contributed by atoms with E-state index in [2.05, 4.69) is 15.3 Å². The molecule has 1 atom stereocenters. The molecule has 3 aromatic rings. The van der Waals surface area contributed by atoms with Gasteiger partial charge in [-0.15, -0.1) is 12.4 Å². The largest absolute Gasteiger partial charge is 0.487 e. The first-order valence-corrected chi connectivity index (χ1v) is 9.98. The van der Waals surface area contributed by atoms with Crippen molar-refractivity contribution in [1.82, 2.24) is 4.98 Å². The van der Waals surface area contributed by atoms with E-state index in [9.17, 15) is 4.79 Å². The SMILES string of the molecule is CC1(c2cccc(NC(=O)c3ccc(OCc4ccccc4)cn3)c2)COCC(N)=N1.Cl. The Bertz CT molecular complexity index is 1090. The molecule has 4 rings (SSSR count). The second kappa shape index (κ2) is 10.3. The van der Waals surface area contributed by atoms with Gasteiger partial charge >= 0.3 is 0 Å². The third-order valence-corrected chi connectivity index (χ3v) is 4.98. The molecule has 1 amide bonds. The molecule has 0 spiro atoms. The summed E-state index contributed by atoms with van der Waals surface area (Å²) >= 11 is 0. The van der Waals surface area contributed by atoms with E-state index in [4.69, 9.17) is 15.2 Å².